The van der Waals surface area contributed by atoms with Crippen molar-refractivity contribution in [2.45, 2.75) is 6.10 Å². The van der Waals surface area contributed by atoms with Gasteiger partial charge in [-0.1, -0.05) is 0 Å². The molecule has 0 fully saturated rings. The predicted molar refractivity (Wildman–Crippen MR) is 54.4 cm³/mol. The second-order valence-corrected chi connectivity index (χ2v) is 3.65. The summed E-state index contributed by atoms with van der Waals surface area (Å²) in [6.45, 7) is 0. The first-order valence-corrected chi connectivity index (χ1v) is 4.74. The molecule has 0 radical (unpaired) electrons. The summed E-state index contributed by atoms with van der Waals surface area (Å²) >= 11 is 2.96. The Kier molecular flexibility index (Phi) is 3.54. The van der Waals surface area contributed by atoms with Crippen molar-refractivity contribution >= 4 is 21.9 Å². The van der Waals surface area contributed by atoms with Crippen LogP contribution in [0.5, 0.6) is 11.5 Å². The van der Waals surface area contributed by atoms with E-state index in [1.165, 1.54) is 6.07 Å². The number of phenolic OH excluding ortho intramolecular Hbond substituents is 2. The van der Waals surface area contributed by atoms with Crippen LogP contribution in [0, 0.1) is 0 Å². The average Bonchev–Trinajstić information content (AvgIpc) is 2.23. The summed E-state index contributed by atoms with van der Waals surface area (Å²) in [4.78, 5) is 11.0. The first-order valence-electron chi connectivity index (χ1n) is 3.94. The monoisotopic (exact) mass is 276 g/mol. The van der Waals surface area contributed by atoms with Crippen molar-refractivity contribution in [3.63, 3.8) is 0 Å². The topological polar surface area (TPSA) is 87.0 Å². The van der Waals surface area contributed by atoms with Gasteiger partial charge in [0.1, 0.15) is 0 Å². The fourth-order valence-electron chi connectivity index (χ4n) is 1.01. The summed E-state index contributed by atoms with van der Waals surface area (Å²) in [5.41, 5.74) is 0.129. The Hall–Kier alpha value is -1.27. The molecule has 0 aliphatic carbocycles. The minimum atomic E-state index is -1.49. The second-order valence-electron chi connectivity index (χ2n) is 2.80. The average molecular weight is 277 g/mol. The number of aliphatic hydroxyl groups is 1. The zero-order valence-corrected chi connectivity index (χ0v) is 9.35. The van der Waals surface area contributed by atoms with Crippen LogP contribution in [-0.2, 0) is 9.53 Å². The van der Waals surface area contributed by atoms with Gasteiger partial charge in [-0.3, -0.25) is 0 Å². The van der Waals surface area contributed by atoms with E-state index in [1.54, 1.807) is 0 Å². The number of ether oxygens (including phenoxy) is 1. The van der Waals surface area contributed by atoms with Gasteiger partial charge >= 0.3 is 5.97 Å². The number of hydrogen-bond acceptors (Lipinski definition) is 5. The molecule has 1 aromatic carbocycles. The van der Waals surface area contributed by atoms with E-state index in [9.17, 15) is 20.1 Å². The van der Waals surface area contributed by atoms with Gasteiger partial charge < -0.3 is 20.1 Å². The fraction of sp³-hybridized carbons (Fsp3) is 0.222. The Morgan fingerprint density at radius 2 is 2.07 bits per heavy atom. The van der Waals surface area contributed by atoms with E-state index in [0.717, 1.165) is 13.2 Å². The maximum atomic E-state index is 11.0. The number of aromatic hydroxyl groups is 2. The van der Waals surface area contributed by atoms with Crippen LogP contribution >= 0.6 is 15.9 Å². The lowest BCUT2D eigenvalue weighted by molar-refractivity contribution is -0.150. The number of carbonyl (C=O) groups is 1. The molecule has 0 heterocycles. The number of benzene rings is 1. The van der Waals surface area contributed by atoms with E-state index in [1.807, 2.05) is 0 Å². The highest BCUT2D eigenvalue weighted by molar-refractivity contribution is 9.10. The highest BCUT2D eigenvalue weighted by atomic mass is 79.9. The number of carbonyl (C=O) groups excluding carboxylic acids is 1. The largest absolute Gasteiger partial charge is 0.504 e. The molecule has 82 valence electrons. The molecule has 6 heteroatoms. The normalized spacial score (nSPS) is 12.2. The maximum absolute atomic E-state index is 11.0. The molecule has 15 heavy (non-hydrogen) atoms. The van der Waals surface area contributed by atoms with Crippen LogP contribution in [0.4, 0.5) is 0 Å². The molecule has 0 aliphatic heterocycles. The molecule has 0 aliphatic rings. The van der Waals surface area contributed by atoms with Crippen LogP contribution in [0.15, 0.2) is 16.6 Å². The summed E-state index contributed by atoms with van der Waals surface area (Å²) in [5, 5.41) is 27.9. The van der Waals surface area contributed by atoms with Gasteiger partial charge in [0.2, 0.25) is 0 Å². The molecule has 5 nitrogen and oxygen atoms in total. The predicted octanol–water partition coefficient (Wildman–Crippen LogP) is 1.07. The molecule has 0 saturated heterocycles. The molecule has 0 bridgehead atoms. The van der Waals surface area contributed by atoms with Crippen LogP contribution in [0.1, 0.15) is 11.7 Å². The van der Waals surface area contributed by atoms with Crippen molar-refractivity contribution < 1.29 is 24.9 Å². The summed E-state index contributed by atoms with van der Waals surface area (Å²) in [5.74, 6) is -1.62. The SMILES string of the molecule is COC(=O)C(O)c1cc(O)c(O)c(Br)c1. The minimum absolute atomic E-state index is 0.129. The molecule has 1 atom stereocenters. The van der Waals surface area contributed by atoms with Crippen LogP contribution in [-0.4, -0.2) is 28.4 Å². The smallest absolute Gasteiger partial charge is 0.339 e. The summed E-state index contributed by atoms with van der Waals surface area (Å²) in [6, 6.07) is 2.40. The first-order chi connectivity index (χ1) is 6.97. The van der Waals surface area contributed by atoms with Crippen molar-refractivity contribution in [1.29, 1.82) is 0 Å². The molecular formula is C9H9BrO5. The van der Waals surface area contributed by atoms with Crippen LogP contribution < -0.4 is 0 Å². The molecule has 3 N–H and O–H groups in total. The third-order valence-electron chi connectivity index (χ3n) is 1.81. The van der Waals surface area contributed by atoms with E-state index in [4.69, 9.17) is 0 Å². The van der Waals surface area contributed by atoms with E-state index in [0.29, 0.717) is 0 Å². The Labute approximate surface area is 94.1 Å². The Morgan fingerprint density at radius 1 is 1.47 bits per heavy atom. The van der Waals surface area contributed by atoms with E-state index in [-0.39, 0.29) is 15.8 Å². The molecule has 1 aromatic rings. The van der Waals surface area contributed by atoms with Gasteiger partial charge in [0, 0.05) is 0 Å². The van der Waals surface area contributed by atoms with E-state index in [2.05, 4.69) is 20.7 Å². The molecule has 0 amide bonds. The number of phenols is 2. The number of esters is 1. The lowest BCUT2D eigenvalue weighted by atomic mass is 10.1. The minimum Gasteiger partial charge on any atom is -0.504 e. The molecule has 1 rings (SSSR count). The molecule has 0 spiro atoms. The Balaban J connectivity index is 3.11. The summed E-state index contributed by atoms with van der Waals surface area (Å²) in [6.07, 6.45) is -1.49. The van der Waals surface area contributed by atoms with Crippen LogP contribution in [0.3, 0.4) is 0 Å². The van der Waals surface area contributed by atoms with Crippen LogP contribution in [0.2, 0.25) is 0 Å². The van der Waals surface area contributed by atoms with Crippen molar-refractivity contribution in [2.24, 2.45) is 0 Å². The zero-order valence-electron chi connectivity index (χ0n) is 7.77. The maximum Gasteiger partial charge on any atom is 0.339 e. The van der Waals surface area contributed by atoms with Gasteiger partial charge in [0.25, 0.3) is 0 Å². The number of rotatable bonds is 2. The number of aliphatic hydroxyl groups excluding tert-OH is 1. The van der Waals surface area contributed by atoms with Gasteiger partial charge in [0.05, 0.1) is 11.6 Å². The van der Waals surface area contributed by atoms with Gasteiger partial charge in [-0.15, -0.1) is 0 Å². The van der Waals surface area contributed by atoms with Crippen molar-refractivity contribution in [3.05, 3.63) is 22.2 Å². The summed E-state index contributed by atoms with van der Waals surface area (Å²) in [7, 11) is 1.14. The van der Waals surface area contributed by atoms with Crippen LogP contribution in [0.25, 0.3) is 0 Å². The van der Waals surface area contributed by atoms with Gasteiger partial charge in [-0.05, 0) is 33.6 Å². The van der Waals surface area contributed by atoms with Gasteiger partial charge in [-0.25, -0.2) is 4.79 Å². The standard InChI is InChI=1S/C9H9BrO5/c1-15-9(14)7(12)4-2-5(10)8(13)6(11)3-4/h2-3,7,11-13H,1H3. The first kappa shape index (κ1) is 11.8. The summed E-state index contributed by atoms with van der Waals surface area (Å²) < 4.78 is 4.51. The van der Waals surface area contributed by atoms with Gasteiger partial charge in [-0.2, -0.15) is 0 Å². The zero-order chi connectivity index (χ0) is 11.6. The van der Waals surface area contributed by atoms with E-state index < -0.39 is 17.8 Å². The Morgan fingerprint density at radius 3 is 2.53 bits per heavy atom. The third-order valence-corrected chi connectivity index (χ3v) is 2.41. The fourth-order valence-corrected chi connectivity index (χ4v) is 1.48. The molecule has 1 unspecified atom stereocenters. The van der Waals surface area contributed by atoms with Crippen molar-refractivity contribution in [3.8, 4) is 11.5 Å². The van der Waals surface area contributed by atoms with Crippen molar-refractivity contribution in [2.75, 3.05) is 7.11 Å². The molecule has 0 saturated carbocycles. The quantitative estimate of drug-likeness (QED) is 0.556. The number of methoxy groups -OCH3 is 1. The number of hydrogen-bond donors (Lipinski definition) is 3. The van der Waals surface area contributed by atoms with E-state index >= 15 is 0 Å². The third kappa shape index (κ3) is 2.40. The molecule has 0 aromatic heterocycles. The molecular weight excluding hydrogens is 268 g/mol. The Bertz CT molecular complexity index is 367. The lowest BCUT2D eigenvalue weighted by Gasteiger charge is -2.10. The number of halogens is 1. The highest BCUT2D eigenvalue weighted by Gasteiger charge is 2.20. The lowest BCUT2D eigenvalue weighted by Crippen LogP contribution is -2.13. The second kappa shape index (κ2) is 4.50. The highest BCUT2D eigenvalue weighted by Crippen LogP contribution is 2.36. The van der Waals surface area contributed by atoms with Gasteiger partial charge in [0.15, 0.2) is 17.6 Å². The van der Waals surface area contributed by atoms with Crippen molar-refractivity contribution in [1.82, 2.24) is 0 Å².